The van der Waals surface area contributed by atoms with Crippen molar-refractivity contribution < 1.29 is 15.7 Å². The predicted molar refractivity (Wildman–Crippen MR) is 50.3 cm³/mol. The molecule has 14 heavy (non-hydrogen) atoms. The lowest BCUT2D eigenvalue weighted by molar-refractivity contribution is -0.142. The predicted octanol–water partition coefficient (Wildman–Crippen LogP) is 1.17. The van der Waals surface area contributed by atoms with Crippen LogP contribution in [-0.2, 0) is 11.2 Å². The van der Waals surface area contributed by atoms with Crippen LogP contribution < -0.4 is 5.73 Å². The third kappa shape index (κ3) is 2.53. The SMILES string of the molecule is [2H]C[C@](N)(Cc1ccc(F)cc1)C(=O)O. The van der Waals surface area contributed by atoms with Crippen LogP contribution in [0.25, 0.3) is 0 Å². The van der Waals surface area contributed by atoms with Crippen LogP contribution in [-0.4, -0.2) is 16.6 Å². The van der Waals surface area contributed by atoms with Crippen molar-refractivity contribution in [3.63, 3.8) is 0 Å². The highest BCUT2D eigenvalue weighted by Gasteiger charge is 2.27. The molecule has 3 nitrogen and oxygen atoms in total. The highest BCUT2D eigenvalue weighted by atomic mass is 19.1. The molecule has 0 aliphatic rings. The Bertz CT molecular complexity index is 355. The smallest absolute Gasteiger partial charge is 0.323 e. The Balaban J connectivity index is 2.84. The van der Waals surface area contributed by atoms with Crippen molar-refractivity contribution in [2.45, 2.75) is 18.9 Å². The first-order valence-electron chi connectivity index (χ1n) is 4.74. The quantitative estimate of drug-likeness (QED) is 0.766. The fourth-order valence-electron chi connectivity index (χ4n) is 1.04. The van der Waals surface area contributed by atoms with Crippen molar-refractivity contribution in [2.24, 2.45) is 5.73 Å². The summed E-state index contributed by atoms with van der Waals surface area (Å²) >= 11 is 0. The standard InChI is InChI=1S/C10H12FNO2/c1-10(12,9(13)14)6-7-2-4-8(11)5-3-7/h2-5H,6,12H2,1H3,(H,13,14)/t10-/m0/s1/i1D. The van der Waals surface area contributed by atoms with E-state index in [0.29, 0.717) is 5.56 Å². The van der Waals surface area contributed by atoms with E-state index in [2.05, 4.69) is 0 Å². The summed E-state index contributed by atoms with van der Waals surface area (Å²) in [6, 6.07) is 5.41. The molecule has 0 unspecified atom stereocenters. The van der Waals surface area contributed by atoms with Crippen LogP contribution in [0.5, 0.6) is 0 Å². The summed E-state index contributed by atoms with van der Waals surface area (Å²) in [4.78, 5) is 10.8. The molecule has 0 saturated carbocycles. The molecule has 4 heteroatoms. The molecule has 76 valence electrons. The maximum absolute atomic E-state index is 12.6. The zero-order valence-corrected chi connectivity index (χ0v) is 7.53. The number of halogens is 1. The maximum Gasteiger partial charge on any atom is 0.323 e. The van der Waals surface area contributed by atoms with Crippen molar-refractivity contribution in [2.75, 3.05) is 0 Å². The molecule has 0 fully saturated rings. The van der Waals surface area contributed by atoms with E-state index >= 15 is 0 Å². The van der Waals surface area contributed by atoms with Crippen LogP contribution in [0.2, 0.25) is 0 Å². The van der Waals surface area contributed by atoms with Gasteiger partial charge < -0.3 is 10.8 Å². The second-order valence-electron chi connectivity index (χ2n) is 3.26. The Morgan fingerprint density at radius 2 is 2.21 bits per heavy atom. The molecule has 0 amide bonds. The highest BCUT2D eigenvalue weighted by Crippen LogP contribution is 2.11. The monoisotopic (exact) mass is 198 g/mol. The highest BCUT2D eigenvalue weighted by molar-refractivity contribution is 5.78. The van der Waals surface area contributed by atoms with Crippen LogP contribution in [0.3, 0.4) is 0 Å². The molecule has 0 aliphatic heterocycles. The van der Waals surface area contributed by atoms with Crippen LogP contribution in [0.1, 0.15) is 13.8 Å². The first kappa shape index (κ1) is 9.15. The number of nitrogens with two attached hydrogens (primary N) is 1. The fourth-order valence-corrected chi connectivity index (χ4v) is 1.04. The summed E-state index contributed by atoms with van der Waals surface area (Å²) in [5.74, 6) is -1.61. The number of rotatable bonds is 3. The van der Waals surface area contributed by atoms with Gasteiger partial charge in [0.05, 0.1) is 0 Å². The van der Waals surface area contributed by atoms with Gasteiger partial charge in [-0.3, -0.25) is 4.79 Å². The van der Waals surface area contributed by atoms with Crippen molar-refractivity contribution in [3.8, 4) is 0 Å². The lowest BCUT2D eigenvalue weighted by Gasteiger charge is -2.18. The summed E-state index contributed by atoms with van der Waals surface area (Å²) < 4.78 is 19.7. The maximum atomic E-state index is 12.6. The van der Waals surface area contributed by atoms with Crippen molar-refractivity contribution in [3.05, 3.63) is 35.6 Å². The third-order valence-corrected chi connectivity index (χ3v) is 1.86. The minimum Gasteiger partial charge on any atom is -0.480 e. The molecule has 1 aromatic carbocycles. The van der Waals surface area contributed by atoms with Crippen molar-refractivity contribution >= 4 is 5.97 Å². The average Bonchev–Trinajstić information content (AvgIpc) is 2.21. The summed E-state index contributed by atoms with van der Waals surface area (Å²) in [6.07, 6.45) is 0.0200. The Hall–Kier alpha value is -1.42. The van der Waals surface area contributed by atoms with Crippen LogP contribution >= 0.6 is 0 Å². The van der Waals surface area contributed by atoms with Gasteiger partial charge in [-0.15, -0.1) is 0 Å². The molecule has 0 heterocycles. The van der Waals surface area contributed by atoms with Gasteiger partial charge >= 0.3 is 5.97 Å². The number of hydrogen-bond donors (Lipinski definition) is 2. The van der Waals surface area contributed by atoms with Crippen LogP contribution in [0.4, 0.5) is 4.39 Å². The molecule has 1 rings (SSSR count). The zero-order valence-electron chi connectivity index (χ0n) is 8.53. The summed E-state index contributed by atoms with van der Waals surface area (Å²) in [5, 5.41) is 8.83. The second kappa shape index (κ2) is 3.75. The Morgan fingerprint density at radius 3 is 2.64 bits per heavy atom. The van der Waals surface area contributed by atoms with E-state index in [-0.39, 0.29) is 12.2 Å². The third-order valence-electron chi connectivity index (χ3n) is 1.86. The molecule has 1 atom stereocenters. The molecule has 0 radical (unpaired) electrons. The first-order valence-corrected chi connectivity index (χ1v) is 4.04. The van der Waals surface area contributed by atoms with Crippen LogP contribution in [0.15, 0.2) is 24.3 Å². The minimum atomic E-state index is -1.60. The Kier molecular flexibility index (Phi) is 2.45. The van der Waals surface area contributed by atoms with Gasteiger partial charge in [0, 0.05) is 7.79 Å². The van der Waals surface area contributed by atoms with Crippen LogP contribution in [0, 0.1) is 5.82 Å². The fraction of sp³-hybridized carbons (Fsp3) is 0.300. The Labute approximate surface area is 82.8 Å². The van der Waals surface area contributed by atoms with Gasteiger partial charge in [0.1, 0.15) is 11.4 Å². The van der Waals surface area contributed by atoms with Crippen molar-refractivity contribution in [1.82, 2.24) is 0 Å². The molecule has 0 aromatic heterocycles. The van der Waals surface area contributed by atoms with Gasteiger partial charge in [-0.1, -0.05) is 12.1 Å². The number of carboxylic acid groups (broad SMARTS) is 1. The van der Waals surface area contributed by atoms with Gasteiger partial charge in [-0.2, -0.15) is 0 Å². The number of benzene rings is 1. The first-order chi connectivity index (χ1) is 6.98. The Morgan fingerprint density at radius 1 is 1.64 bits per heavy atom. The molecular weight excluding hydrogens is 185 g/mol. The molecule has 0 aliphatic carbocycles. The largest absolute Gasteiger partial charge is 0.480 e. The second-order valence-corrected chi connectivity index (χ2v) is 3.26. The van der Waals surface area contributed by atoms with E-state index in [0.717, 1.165) is 0 Å². The number of aliphatic carboxylic acids is 1. The minimum absolute atomic E-state index is 0.0200. The van der Waals surface area contributed by atoms with Gasteiger partial charge in [-0.05, 0) is 24.6 Å². The zero-order chi connectivity index (χ0) is 11.5. The number of hydrogen-bond acceptors (Lipinski definition) is 2. The number of carboxylic acids is 1. The van der Waals surface area contributed by atoms with Gasteiger partial charge in [0.25, 0.3) is 0 Å². The van der Waals surface area contributed by atoms with E-state index in [9.17, 15) is 9.18 Å². The van der Waals surface area contributed by atoms with E-state index in [4.69, 9.17) is 12.2 Å². The topological polar surface area (TPSA) is 63.3 Å². The molecule has 0 saturated heterocycles. The molecule has 0 bridgehead atoms. The van der Waals surface area contributed by atoms with E-state index in [1.807, 2.05) is 0 Å². The van der Waals surface area contributed by atoms with E-state index in [1.54, 1.807) is 0 Å². The van der Waals surface area contributed by atoms with E-state index in [1.165, 1.54) is 24.3 Å². The molecule has 1 aromatic rings. The summed E-state index contributed by atoms with van der Waals surface area (Å²) in [5.41, 5.74) is 4.54. The van der Waals surface area contributed by atoms with Crippen molar-refractivity contribution in [1.29, 1.82) is 0 Å². The molecule has 0 spiro atoms. The average molecular weight is 198 g/mol. The lowest BCUT2D eigenvalue weighted by Crippen LogP contribution is -2.46. The number of carbonyl (C=O) groups is 1. The van der Waals surface area contributed by atoms with Gasteiger partial charge in [0.15, 0.2) is 0 Å². The van der Waals surface area contributed by atoms with Gasteiger partial charge in [0.2, 0.25) is 0 Å². The molecule has 3 N–H and O–H groups in total. The molecular formula is C10H12FNO2. The summed E-state index contributed by atoms with van der Waals surface area (Å²) in [7, 11) is 0. The summed E-state index contributed by atoms with van der Waals surface area (Å²) in [6.45, 7) is -0.417. The van der Waals surface area contributed by atoms with E-state index < -0.39 is 18.4 Å². The normalized spacial score (nSPS) is 15.7. The van der Waals surface area contributed by atoms with Gasteiger partial charge in [-0.25, -0.2) is 4.39 Å². The lowest BCUT2D eigenvalue weighted by atomic mass is 9.94.